The Kier molecular flexibility index (Phi) is 6.88. The first-order valence-corrected chi connectivity index (χ1v) is 4.50. The van der Waals surface area contributed by atoms with Crippen LogP contribution in [0.15, 0.2) is 12.7 Å². The van der Waals surface area contributed by atoms with E-state index in [1.165, 1.54) is 6.92 Å². The summed E-state index contributed by atoms with van der Waals surface area (Å²) in [5.41, 5.74) is 0. The summed E-state index contributed by atoms with van der Waals surface area (Å²) in [5, 5.41) is 0. The Morgan fingerprint density at radius 1 is 1.13 bits per heavy atom. The quantitative estimate of drug-likeness (QED) is 0.353. The molecular weight excluding hydrogens is 200 g/mol. The van der Waals surface area contributed by atoms with Crippen molar-refractivity contribution in [3.05, 3.63) is 12.7 Å². The molecule has 0 rings (SSSR count). The van der Waals surface area contributed by atoms with Crippen LogP contribution in [0.4, 0.5) is 0 Å². The van der Waals surface area contributed by atoms with Crippen LogP contribution < -0.4 is 0 Å². The summed E-state index contributed by atoms with van der Waals surface area (Å²) in [6.07, 6.45) is 1.26. The maximum atomic E-state index is 10.9. The molecule has 0 unspecified atom stereocenters. The lowest BCUT2D eigenvalue weighted by molar-refractivity contribution is -0.150. The highest BCUT2D eigenvalue weighted by Gasteiger charge is 2.04. The van der Waals surface area contributed by atoms with Gasteiger partial charge in [-0.2, -0.15) is 0 Å². The summed E-state index contributed by atoms with van der Waals surface area (Å²) >= 11 is 0. The van der Waals surface area contributed by atoms with Crippen molar-refractivity contribution in [3.8, 4) is 0 Å². The number of ketones is 1. The Bertz CT molecular complexity index is 257. The van der Waals surface area contributed by atoms with E-state index < -0.39 is 11.9 Å². The molecule has 0 fully saturated rings. The molecule has 0 N–H and O–H groups in total. The minimum absolute atomic E-state index is 0.00331. The van der Waals surface area contributed by atoms with Crippen LogP contribution in [-0.2, 0) is 23.9 Å². The lowest BCUT2D eigenvalue weighted by Gasteiger charge is -2.03. The van der Waals surface area contributed by atoms with Gasteiger partial charge < -0.3 is 14.3 Å². The molecule has 0 spiro atoms. The van der Waals surface area contributed by atoms with Crippen LogP contribution in [-0.4, -0.2) is 30.9 Å². The minimum atomic E-state index is -0.560. The highest BCUT2D eigenvalue weighted by molar-refractivity contribution is 5.81. The summed E-state index contributed by atoms with van der Waals surface area (Å²) < 4.78 is 9.25. The molecule has 15 heavy (non-hydrogen) atoms. The molecular formula is C10H14O5. The van der Waals surface area contributed by atoms with Gasteiger partial charge in [-0.3, -0.25) is 4.79 Å². The van der Waals surface area contributed by atoms with Crippen molar-refractivity contribution in [2.45, 2.75) is 19.8 Å². The number of carbonyl (C=O) groups is 3. The third-order valence-corrected chi connectivity index (χ3v) is 1.44. The monoisotopic (exact) mass is 214 g/mol. The molecule has 5 nitrogen and oxygen atoms in total. The van der Waals surface area contributed by atoms with Crippen LogP contribution in [0.25, 0.3) is 0 Å². The molecule has 0 saturated carbocycles. The van der Waals surface area contributed by atoms with Gasteiger partial charge in [0.05, 0.1) is 6.42 Å². The number of rotatable bonds is 7. The van der Waals surface area contributed by atoms with Gasteiger partial charge in [-0.05, 0) is 6.92 Å². The zero-order valence-corrected chi connectivity index (χ0v) is 8.65. The molecule has 0 heterocycles. The van der Waals surface area contributed by atoms with Crippen molar-refractivity contribution < 1.29 is 23.9 Å². The number of ether oxygens (including phenoxy) is 2. The van der Waals surface area contributed by atoms with E-state index >= 15 is 0 Å². The second-order valence-electron chi connectivity index (χ2n) is 2.79. The third kappa shape index (κ3) is 8.67. The van der Waals surface area contributed by atoms with Crippen molar-refractivity contribution in [2.24, 2.45) is 0 Å². The second-order valence-corrected chi connectivity index (χ2v) is 2.79. The number of Topliss-reactive ketones (excluding diaryl/α,β-unsaturated/α-hetero) is 1. The van der Waals surface area contributed by atoms with E-state index in [2.05, 4.69) is 16.1 Å². The van der Waals surface area contributed by atoms with E-state index in [0.29, 0.717) is 0 Å². The average molecular weight is 214 g/mol. The first kappa shape index (κ1) is 13.4. The van der Waals surface area contributed by atoms with Crippen molar-refractivity contribution in [1.82, 2.24) is 0 Å². The van der Waals surface area contributed by atoms with Gasteiger partial charge >= 0.3 is 11.9 Å². The van der Waals surface area contributed by atoms with Gasteiger partial charge in [0.1, 0.15) is 19.0 Å². The number of esters is 2. The molecule has 0 aromatic rings. The molecule has 0 radical (unpaired) electrons. The number of carbonyl (C=O) groups excluding carboxylic acids is 3. The van der Waals surface area contributed by atoms with Crippen molar-refractivity contribution in [1.29, 1.82) is 0 Å². The standard InChI is InChI=1S/C10H14O5/c1-3-9(12)14-6-7-15-10(13)5-4-8(2)11/h3H,1,4-7H2,2H3. The minimum Gasteiger partial charge on any atom is -0.462 e. The maximum absolute atomic E-state index is 10.9. The molecule has 0 aromatic carbocycles. The topological polar surface area (TPSA) is 69.7 Å². The fourth-order valence-corrected chi connectivity index (χ4v) is 0.707. The van der Waals surface area contributed by atoms with Crippen molar-refractivity contribution in [3.63, 3.8) is 0 Å². The molecule has 0 saturated heterocycles. The molecule has 0 aliphatic heterocycles. The summed E-state index contributed by atoms with van der Waals surface area (Å²) in [7, 11) is 0. The SMILES string of the molecule is C=CC(=O)OCCOC(=O)CCC(C)=O. The highest BCUT2D eigenvalue weighted by Crippen LogP contribution is 1.94. The van der Waals surface area contributed by atoms with Crippen LogP contribution in [0.1, 0.15) is 19.8 Å². The van der Waals surface area contributed by atoms with Gasteiger partial charge in [0.25, 0.3) is 0 Å². The number of hydrogen-bond donors (Lipinski definition) is 0. The van der Waals surface area contributed by atoms with E-state index in [1.54, 1.807) is 0 Å². The zero-order chi connectivity index (χ0) is 11.7. The van der Waals surface area contributed by atoms with Gasteiger partial charge in [-0.1, -0.05) is 6.58 Å². The summed E-state index contributed by atoms with van der Waals surface area (Å²) in [4.78, 5) is 32.0. The largest absolute Gasteiger partial charge is 0.462 e. The van der Waals surface area contributed by atoms with Gasteiger partial charge in [-0.25, -0.2) is 4.79 Å². The molecule has 0 aliphatic rings. The van der Waals surface area contributed by atoms with Crippen molar-refractivity contribution in [2.75, 3.05) is 13.2 Å². The summed E-state index contributed by atoms with van der Waals surface area (Å²) in [6.45, 7) is 4.60. The van der Waals surface area contributed by atoms with Crippen LogP contribution in [0.3, 0.4) is 0 Å². The predicted molar refractivity (Wildman–Crippen MR) is 52.0 cm³/mol. The maximum Gasteiger partial charge on any atom is 0.330 e. The highest BCUT2D eigenvalue weighted by atomic mass is 16.6. The molecule has 0 bridgehead atoms. The Morgan fingerprint density at radius 2 is 1.73 bits per heavy atom. The van der Waals surface area contributed by atoms with Gasteiger partial charge in [0.15, 0.2) is 0 Å². The van der Waals surface area contributed by atoms with E-state index in [9.17, 15) is 14.4 Å². The Labute approximate surface area is 88.0 Å². The van der Waals surface area contributed by atoms with Crippen LogP contribution in [0.2, 0.25) is 0 Å². The predicted octanol–water partition coefficient (Wildman–Crippen LogP) is 0.628. The summed E-state index contributed by atoms with van der Waals surface area (Å²) in [6, 6.07) is 0. The van der Waals surface area contributed by atoms with Gasteiger partial charge in [0.2, 0.25) is 0 Å². The zero-order valence-electron chi connectivity index (χ0n) is 8.65. The molecule has 0 aromatic heterocycles. The van der Waals surface area contributed by atoms with Crippen molar-refractivity contribution >= 4 is 17.7 Å². The van der Waals surface area contributed by atoms with Crippen LogP contribution in [0.5, 0.6) is 0 Å². The average Bonchev–Trinajstić information content (AvgIpc) is 2.21. The second kappa shape index (κ2) is 7.73. The lowest BCUT2D eigenvalue weighted by Crippen LogP contribution is -2.13. The fourth-order valence-electron chi connectivity index (χ4n) is 0.707. The van der Waals surface area contributed by atoms with E-state index in [1.807, 2.05) is 0 Å². The Morgan fingerprint density at radius 3 is 2.27 bits per heavy atom. The Balaban J connectivity index is 3.43. The van der Waals surface area contributed by atoms with E-state index in [0.717, 1.165) is 6.08 Å². The lowest BCUT2D eigenvalue weighted by atomic mass is 10.2. The van der Waals surface area contributed by atoms with E-state index in [4.69, 9.17) is 0 Å². The Hall–Kier alpha value is -1.65. The molecule has 84 valence electrons. The molecule has 0 atom stereocenters. The smallest absolute Gasteiger partial charge is 0.330 e. The van der Waals surface area contributed by atoms with Gasteiger partial charge in [0, 0.05) is 12.5 Å². The van der Waals surface area contributed by atoms with Gasteiger partial charge in [-0.15, -0.1) is 0 Å². The normalized spacial score (nSPS) is 9.13. The molecule has 0 amide bonds. The third-order valence-electron chi connectivity index (χ3n) is 1.44. The molecule has 5 heteroatoms. The van der Waals surface area contributed by atoms with Crippen LogP contribution in [0, 0.1) is 0 Å². The summed E-state index contributed by atoms with van der Waals surface area (Å²) in [5.74, 6) is -1.10. The molecule has 0 aliphatic carbocycles. The first-order valence-electron chi connectivity index (χ1n) is 4.50. The van der Waals surface area contributed by atoms with Crippen LogP contribution >= 0.6 is 0 Å². The van der Waals surface area contributed by atoms with E-state index in [-0.39, 0.29) is 31.8 Å². The fraction of sp³-hybridized carbons (Fsp3) is 0.500. The number of hydrogen-bond acceptors (Lipinski definition) is 5. The first-order chi connectivity index (χ1) is 7.06.